The third-order valence-electron chi connectivity index (χ3n) is 5.51. The lowest BCUT2D eigenvalue weighted by atomic mass is 9.86. The Labute approximate surface area is 191 Å². The summed E-state index contributed by atoms with van der Waals surface area (Å²) in [4.78, 5) is 27.3. The summed E-state index contributed by atoms with van der Waals surface area (Å²) in [5.74, 6) is -0.461. The molecule has 0 saturated carbocycles. The molecule has 0 heterocycles. The fraction of sp³-hybridized carbons (Fsp3) is 0.462. The Hall–Kier alpha value is -2.89. The zero-order valence-electron chi connectivity index (χ0n) is 19.9. The van der Waals surface area contributed by atoms with Gasteiger partial charge in [0, 0.05) is 18.2 Å². The first-order chi connectivity index (χ1) is 15.0. The summed E-state index contributed by atoms with van der Waals surface area (Å²) >= 11 is 0. The third kappa shape index (κ3) is 6.81. The number of carbonyl (C=O) groups is 2. The minimum atomic E-state index is -0.780. The van der Waals surface area contributed by atoms with Gasteiger partial charge < -0.3 is 15.0 Å². The van der Waals surface area contributed by atoms with Gasteiger partial charge in [-0.1, -0.05) is 64.1 Å². The van der Waals surface area contributed by atoms with Gasteiger partial charge in [0.2, 0.25) is 5.91 Å². The predicted octanol–water partition coefficient (Wildman–Crippen LogP) is 4.83. The number of carbonyl (C=O) groups excluding carboxylic acids is 2. The van der Waals surface area contributed by atoms with E-state index in [0.29, 0.717) is 11.3 Å². The van der Waals surface area contributed by atoms with Gasteiger partial charge in [-0.3, -0.25) is 9.59 Å². The maximum atomic E-state index is 14.3. The van der Waals surface area contributed by atoms with Gasteiger partial charge in [0.1, 0.15) is 17.6 Å². The van der Waals surface area contributed by atoms with Crippen molar-refractivity contribution in [1.82, 2.24) is 10.2 Å². The van der Waals surface area contributed by atoms with Crippen molar-refractivity contribution in [2.24, 2.45) is 0 Å². The van der Waals surface area contributed by atoms with Crippen LogP contribution in [-0.2, 0) is 21.5 Å². The summed E-state index contributed by atoms with van der Waals surface area (Å²) < 4.78 is 20.2. The number of halogens is 1. The van der Waals surface area contributed by atoms with Crippen LogP contribution in [0.4, 0.5) is 4.39 Å². The molecule has 0 spiro atoms. The molecule has 6 heteroatoms. The molecule has 0 bridgehead atoms. The van der Waals surface area contributed by atoms with Crippen molar-refractivity contribution >= 4 is 11.8 Å². The van der Waals surface area contributed by atoms with Gasteiger partial charge in [-0.25, -0.2) is 4.39 Å². The van der Waals surface area contributed by atoms with E-state index in [2.05, 4.69) is 26.1 Å². The van der Waals surface area contributed by atoms with Crippen molar-refractivity contribution in [3.8, 4) is 5.75 Å². The fourth-order valence-corrected chi connectivity index (χ4v) is 3.29. The van der Waals surface area contributed by atoms with E-state index in [1.165, 1.54) is 11.0 Å². The Kier molecular flexibility index (Phi) is 8.81. The molecular formula is C26H35FN2O3. The predicted molar refractivity (Wildman–Crippen MR) is 125 cm³/mol. The van der Waals surface area contributed by atoms with Crippen LogP contribution in [0.25, 0.3) is 0 Å². The van der Waals surface area contributed by atoms with Gasteiger partial charge in [-0.15, -0.1) is 0 Å². The molecule has 0 aliphatic carbocycles. The van der Waals surface area contributed by atoms with E-state index >= 15 is 0 Å². The SMILES string of the molecule is CCC(C)NC(=O)C(C)N(Cc1ccccc1F)C(=O)COc1ccccc1C(C)(C)C. The molecule has 32 heavy (non-hydrogen) atoms. The van der Waals surface area contributed by atoms with Crippen LogP contribution in [0, 0.1) is 5.82 Å². The van der Waals surface area contributed by atoms with Gasteiger partial charge in [0.25, 0.3) is 5.91 Å². The monoisotopic (exact) mass is 442 g/mol. The largest absolute Gasteiger partial charge is 0.483 e. The minimum absolute atomic E-state index is 0.0229. The van der Waals surface area contributed by atoms with Crippen LogP contribution in [0.1, 0.15) is 59.1 Å². The number of benzene rings is 2. The highest BCUT2D eigenvalue weighted by Crippen LogP contribution is 2.31. The first-order valence-electron chi connectivity index (χ1n) is 11.1. The van der Waals surface area contributed by atoms with Crippen LogP contribution < -0.4 is 10.1 Å². The maximum absolute atomic E-state index is 14.3. The molecule has 0 saturated heterocycles. The summed E-state index contributed by atoms with van der Waals surface area (Å²) in [6, 6.07) is 13.0. The van der Waals surface area contributed by atoms with Crippen molar-refractivity contribution < 1.29 is 18.7 Å². The number of hydrogen-bond donors (Lipinski definition) is 1. The lowest BCUT2D eigenvalue weighted by Gasteiger charge is -2.30. The van der Waals surface area contributed by atoms with Gasteiger partial charge >= 0.3 is 0 Å². The molecule has 5 nitrogen and oxygen atoms in total. The maximum Gasteiger partial charge on any atom is 0.261 e. The summed E-state index contributed by atoms with van der Waals surface area (Å²) in [7, 11) is 0. The Bertz CT molecular complexity index is 923. The Morgan fingerprint density at radius 1 is 1.06 bits per heavy atom. The van der Waals surface area contributed by atoms with E-state index in [-0.39, 0.29) is 36.4 Å². The molecule has 0 fully saturated rings. The Morgan fingerprint density at radius 3 is 2.31 bits per heavy atom. The standard InChI is InChI=1S/C26H35FN2O3/c1-7-18(2)28-25(31)19(3)29(16-20-12-8-10-14-22(20)27)24(30)17-32-23-15-11-9-13-21(23)26(4,5)6/h8-15,18-19H,7,16-17H2,1-6H3,(H,28,31). The highest BCUT2D eigenvalue weighted by atomic mass is 19.1. The Morgan fingerprint density at radius 2 is 1.69 bits per heavy atom. The van der Waals surface area contributed by atoms with Crippen molar-refractivity contribution in [1.29, 1.82) is 0 Å². The van der Waals surface area contributed by atoms with Gasteiger partial charge in [-0.2, -0.15) is 0 Å². The normalized spacial score (nSPS) is 13.2. The molecule has 174 valence electrons. The average Bonchev–Trinajstić information content (AvgIpc) is 2.75. The minimum Gasteiger partial charge on any atom is -0.483 e. The molecule has 0 aliphatic heterocycles. The van der Waals surface area contributed by atoms with E-state index in [9.17, 15) is 14.0 Å². The lowest BCUT2D eigenvalue weighted by Crippen LogP contribution is -2.50. The number of para-hydroxylation sites is 1. The van der Waals surface area contributed by atoms with Crippen LogP contribution in [-0.4, -0.2) is 35.4 Å². The second kappa shape index (κ2) is 11.1. The van der Waals surface area contributed by atoms with Gasteiger partial charge in [-0.05, 0) is 43.4 Å². The van der Waals surface area contributed by atoms with Crippen LogP contribution in [0.3, 0.4) is 0 Å². The van der Waals surface area contributed by atoms with Gasteiger partial charge in [0.05, 0.1) is 0 Å². The van der Waals surface area contributed by atoms with Crippen LogP contribution in [0.15, 0.2) is 48.5 Å². The van der Waals surface area contributed by atoms with E-state index in [4.69, 9.17) is 4.74 Å². The summed E-state index contributed by atoms with van der Waals surface area (Å²) in [5, 5.41) is 2.90. The molecule has 0 aromatic heterocycles. The molecule has 2 aromatic rings. The number of ether oxygens (including phenoxy) is 1. The summed E-state index contributed by atoms with van der Waals surface area (Å²) in [6.45, 7) is 11.5. The first-order valence-corrected chi connectivity index (χ1v) is 11.1. The molecule has 1 N–H and O–H groups in total. The molecule has 2 rings (SSSR count). The number of nitrogens with one attached hydrogen (secondary N) is 1. The highest BCUT2D eigenvalue weighted by molar-refractivity contribution is 5.88. The van der Waals surface area contributed by atoms with E-state index in [1.54, 1.807) is 25.1 Å². The van der Waals surface area contributed by atoms with Crippen LogP contribution in [0.5, 0.6) is 5.75 Å². The zero-order valence-corrected chi connectivity index (χ0v) is 19.9. The third-order valence-corrected chi connectivity index (χ3v) is 5.51. The number of rotatable bonds is 9. The van der Waals surface area contributed by atoms with Crippen molar-refractivity contribution in [2.75, 3.05) is 6.61 Å². The van der Waals surface area contributed by atoms with E-state index in [1.807, 2.05) is 38.1 Å². The molecule has 2 atom stereocenters. The fourth-order valence-electron chi connectivity index (χ4n) is 3.29. The quantitative estimate of drug-likeness (QED) is 0.605. The smallest absolute Gasteiger partial charge is 0.261 e. The summed E-state index contributed by atoms with van der Waals surface area (Å²) in [5.41, 5.74) is 1.17. The molecule has 2 amide bonds. The van der Waals surface area contributed by atoms with E-state index < -0.39 is 11.9 Å². The van der Waals surface area contributed by atoms with Gasteiger partial charge in [0.15, 0.2) is 6.61 Å². The highest BCUT2D eigenvalue weighted by Gasteiger charge is 2.28. The number of hydrogen-bond acceptors (Lipinski definition) is 3. The first kappa shape index (κ1) is 25.4. The summed E-state index contributed by atoms with van der Waals surface area (Å²) in [6.07, 6.45) is 0.770. The molecular weight excluding hydrogens is 407 g/mol. The molecule has 0 aliphatic rings. The van der Waals surface area contributed by atoms with Crippen molar-refractivity contribution in [2.45, 2.75) is 72.0 Å². The number of nitrogens with zero attached hydrogens (tertiary/aromatic N) is 1. The molecule has 2 aromatic carbocycles. The lowest BCUT2D eigenvalue weighted by molar-refractivity contribution is -0.142. The molecule has 2 unspecified atom stereocenters. The Balaban J connectivity index is 2.24. The second-order valence-corrected chi connectivity index (χ2v) is 9.14. The zero-order chi connectivity index (χ0) is 23.9. The van der Waals surface area contributed by atoms with Crippen LogP contribution >= 0.6 is 0 Å². The number of amides is 2. The van der Waals surface area contributed by atoms with E-state index in [0.717, 1.165) is 12.0 Å². The van der Waals surface area contributed by atoms with Crippen molar-refractivity contribution in [3.05, 3.63) is 65.5 Å². The molecule has 0 radical (unpaired) electrons. The average molecular weight is 443 g/mol. The topological polar surface area (TPSA) is 58.6 Å². The second-order valence-electron chi connectivity index (χ2n) is 9.14. The van der Waals surface area contributed by atoms with Crippen LogP contribution in [0.2, 0.25) is 0 Å². The van der Waals surface area contributed by atoms with Crippen molar-refractivity contribution in [3.63, 3.8) is 0 Å².